The maximum absolute atomic E-state index is 12.5. The van der Waals surface area contributed by atoms with Crippen LogP contribution in [0.3, 0.4) is 0 Å². The van der Waals surface area contributed by atoms with Gasteiger partial charge in [-0.1, -0.05) is 33.7 Å². The Bertz CT molecular complexity index is 455. The molecule has 0 amide bonds. The first-order valence-corrected chi connectivity index (χ1v) is 8.51. The highest BCUT2D eigenvalue weighted by atomic mass is 79.9. The van der Waals surface area contributed by atoms with Gasteiger partial charge in [-0.25, -0.2) is 0 Å². The molecule has 1 aliphatic carbocycles. The van der Waals surface area contributed by atoms with E-state index >= 15 is 0 Å². The second-order valence-corrected chi connectivity index (χ2v) is 6.72. The van der Waals surface area contributed by atoms with Crippen LogP contribution in [0.4, 0.5) is 0 Å². The molecule has 1 fully saturated rings. The minimum absolute atomic E-state index is 0.188. The molecule has 1 aliphatic rings. The van der Waals surface area contributed by atoms with Crippen LogP contribution in [0.1, 0.15) is 52.9 Å². The van der Waals surface area contributed by atoms with E-state index in [9.17, 15) is 9.59 Å². The predicted octanol–water partition coefficient (Wildman–Crippen LogP) is 4.29. The van der Waals surface area contributed by atoms with Gasteiger partial charge in [0.1, 0.15) is 0 Å². The Kier molecular flexibility index (Phi) is 7.33. The van der Waals surface area contributed by atoms with Crippen molar-refractivity contribution >= 4 is 27.9 Å². The van der Waals surface area contributed by atoms with Crippen molar-refractivity contribution in [3.8, 4) is 0 Å². The van der Waals surface area contributed by atoms with E-state index in [4.69, 9.17) is 9.47 Å². The van der Waals surface area contributed by atoms with Gasteiger partial charge < -0.3 is 9.47 Å². The molecule has 0 radical (unpaired) electrons. The van der Waals surface area contributed by atoms with E-state index in [0.717, 1.165) is 12.8 Å². The number of rotatable bonds is 9. The van der Waals surface area contributed by atoms with Crippen LogP contribution in [0.25, 0.3) is 0 Å². The average Bonchev–Trinajstić information content (AvgIpc) is 3.27. The second kappa shape index (κ2) is 8.51. The molecule has 0 aromatic rings. The highest BCUT2D eigenvalue weighted by Gasteiger charge is 2.48. The lowest BCUT2D eigenvalue weighted by Gasteiger charge is -2.29. The van der Waals surface area contributed by atoms with Crippen LogP contribution < -0.4 is 0 Å². The summed E-state index contributed by atoms with van der Waals surface area (Å²) in [4.78, 5) is 25.0. The summed E-state index contributed by atoms with van der Waals surface area (Å²) in [5.41, 5.74) is 1.38. The Morgan fingerprint density at radius 1 is 1.18 bits per heavy atom. The number of hydrogen-bond donors (Lipinski definition) is 0. The summed E-state index contributed by atoms with van der Waals surface area (Å²) < 4.78 is 10.9. The van der Waals surface area contributed by atoms with Gasteiger partial charge in [-0.2, -0.15) is 0 Å². The van der Waals surface area contributed by atoms with E-state index in [1.807, 2.05) is 0 Å². The standard InChI is InChI=1S/C17H25BrO4/c1-5-21-15(19)17(11-13(4)18,16(20)22-6-2)10-9-12(3)14-7-8-14/h4-11H2,1-3H3. The maximum Gasteiger partial charge on any atom is 0.323 e. The van der Waals surface area contributed by atoms with E-state index in [0.29, 0.717) is 17.3 Å². The molecular formula is C17H25BrO4. The van der Waals surface area contributed by atoms with Gasteiger partial charge in [-0.3, -0.25) is 9.59 Å². The SMILES string of the molecule is C=C(Br)CC(CCC(C)=C1CC1)(C(=O)OCC)C(=O)OCC. The number of carbonyl (C=O) groups excluding carboxylic acids is 2. The number of allylic oxidation sites excluding steroid dienone is 3. The topological polar surface area (TPSA) is 52.6 Å². The van der Waals surface area contributed by atoms with Gasteiger partial charge in [-0.15, -0.1) is 0 Å². The van der Waals surface area contributed by atoms with Crippen LogP contribution in [-0.4, -0.2) is 25.2 Å². The highest BCUT2D eigenvalue weighted by Crippen LogP contribution is 2.40. The van der Waals surface area contributed by atoms with Gasteiger partial charge in [0.15, 0.2) is 5.41 Å². The van der Waals surface area contributed by atoms with Gasteiger partial charge in [0.2, 0.25) is 0 Å². The molecule has 0 bridgehead atoms. The summed E-state index contributed by atoms with van der Waals surface area (Å²) in [5.74, 6) is -1.05. The molecule has 5 heteroatoms. The normalized spacial score (nSPS) is 13.5. The first-order chi connectivity index (χ1) is 10.4. The number of esters is 2. The molecule has 0 unspecified atom stereocenters. The Morgan fingerprint density at radius 2 is 1.68 bits per heavy atom. The lowest BCUT2D eigenvalue weighted by Crippen LogP contribution is -2.42. The van der Waals surface area contributed by atoms with Crippen LogP contribution in [0, 0.1) is 5.41 Å². The summed E-state index contributed by atoms with van der Waals surface area (Å²) in [6.45, 7) is 9.77. The molecule has 4 nitrogen and oxygen atoms in total. The predicted molar refractivity (Wildman–Crippen MR) is 89.6 cm³/mol. The molecule has 0 spiro atoms. The lowest BCUT2D eigenvalue weighted by molar-refractivity contribution is -0.172. The molecule has 124 valence electrons. The first kappa shape index (κ1) is 18.9. The number of carbonyl (C=O) groups is 2. The molecule has 1 rings (SSSR count). The lowest BCUT2D eigenvalue weighted by atomic mass is 9.78. The molecule has 0 heterocycles. The molecular weight excluding hydrogens is 348 g/mol. The van der Waals surface area contributed by atoms with Crippen molar-refractivity contribution in [2.75, 3.05) is 13.2 Å². The van der Waals surface area contributed by atoms with E-state index in [1.165, 1.54) is 11.1 Å². The van der Waals surface area contributed by atoms with Crippen molar-refractivity contribution in [3.05, 3.63) is 22.2 Å². The van der Waals surface area contributed by atoms with E-state index < -0.39 is 17.4 Å². The zero-order chi connectivity index (χ0) is 16.8. The third kappa shape index (κ3) is 4.97. The zero-order valence-electron chi connectivity index (χ0n) is 13.7. The Labute approximate surface area is 141 Å². The summed E-state index contributed by atoms with van der Waals surface area (Å²) in [6.07, 6.45) is 3.51. The van der Waals surface area contributed by atoms with Crippen LogP contribution >= 0.6 is 15.9 Å². The average molecular weight is 373 g/mol. The van der Waals surface area contributed by atoms with Gasteiger partial charge in [-0.05, 0) is 50.9 Å². The fourth-order valence-electron chi connectivity index (χ4n) is 2.45. The second-order valence-electron chi connectivity index (χ2n) is 5.60. The molecule has 0 N–H and O–H groups in total. The zero-order valence-corrected chi connectivity index (χ0v) is 15.3. The van der Waals surface area contributed by atoms with Crippen molar-refractivity contribution in [2.24, 2.45) is 5.41 Å². The third-order valence-corrected chi connectivity index (χ3v) is 4.14. The maximum atomic E-state index is 12.5. The number of halogens is 1. The van der Waals surface area contributed by atoms with Crippen LogP contribution in [0.2, 0.25) is 0 Å². The molecule has 1 saturated carbocycles. The monoisotopic (exact) mass is 372 g/mol. The van der Waals surface area contributed by atoms with Crippen molar-refractivity contribution in [3.63, 3.8) is 0 Å². The number of hydrogen-bond acceptors (Lipinski definition) is 4. The van der Waals surface area contributed by atoms with E-state index in [2.05, 4.69) is 29.4 Å². The molecule has 0 atom stereocenters. The quantitative estimate of drug-likeness (QED) is 0.344. The number of ether oxygens (including phenoxy) is 2. The molecule has 0 aromatic heterocycles. The first-order valence-electron chi connectivity index (χ1n) is 7.72. The molecule has 0 saturated heterocycles. The molecule has 22 heavy (non-hydrogen) atoms. The van der Waals surface area contributed by atoms with E-state index in [-0.39, 0.29) is 19.6 Å². The molecule has 0 aliphatic heterocycles. The Morgan fingerprint density at radius 3 is 2.05 bits per heavy atom. The smallest absolute Gasteiger partial charge is 0.323 e. The van der Waals surface area contributed by atoms with Gasteiger partial charge >= 0.3 is 11.9 Å². The fourth-order valence-corrected chi connectivity index (χ4v) is 2.93. The van der Waals surface area contributed by atoms with Crippen LogP contribution in [-0.2, 0) is 19.1 Å². The van der Waals surface area contributed by atoms with Gasteiger partial charge in [0, 0.05) is 6.42 Å². The van der Waals surface area contributed by atoms with Crippen molar-refractivity contribution in [2.45, 2.75) is 52.9 Å². The van der Waals surface area contributed by atoms with Crippen LogP contribution in [0.15, 0.2) is 22.2 Å². The van der Waals surface area contributed by atoms with E-state index in [1.54, 1.807) is 13.8 Å². The van der Waals surface area contributed by atoms with Gasteiger partial charge in [0.25, 0.3) is 0 Å². The summed E-state index contributed by atoms with van der Waals surface area (Å²) >= 11 is 3.28. The van der Waals surface area contributed by atoms with Gasteiger partial charge in [0.05, 0.1) is 13.2 Å². The Balaban J connectivity index is 3.05. The molecule has 0 aromatic carbocycles. The largest absolute Gasteiger partial charge is 0.465 e. The fraction of sp³-hybridized carbons (Fsp3) is 0.647. The minimum Gasteiger partial charge on any atom is -0.465 e. The van der Waals surface area contributed by atoms with Crippen molar-refractivity contribution in [1.29, 1.82) is 0 Å². The summed E-state index contributed by atoms with van der Waals surface area (Å²) in [7, 11) is 0. The third-order valence-electron chi connectivity index (χ3n) is 3.86. The van der Waals surface area contributed by atoms with Crippen molar-refractivity contribution < 1.29 is 19.1 Å². The highest BCUT2D eigenvalue weighted by molar-refractivity contribution is 9.11. The summed E-state index contributed by atoms with van der Waals surface area (Å²) in [6, 6.07) is 0. The van der Waals surface area contributed by atoms with Crippen LogP contribution in [0.5, 0.6) is 0 Å². The Hall–Kier alpha value is -1.10. The summed E-state index contributed by atoms with van der Waals surface area (Å²) in [5, 5.41) is 0. The van der Waals surface area contributed by atoms with Crippen molar-refractivity contribution in [1.82, 2.24) is 0 Å². The minimum atomic E-state index is -1.32.